The summed E-state index contributed by atoms with van der Waals surface area (Å²) in [5.74, 6) is -1.11. The predicted molar refractivity (Wildman–Crippen MR) is 76.7 cm³/mol. The van der Waals surface area contributed by atoms with Crippen LogP contribution in [0.5, 0.6) is 0 Å². The van der Waals surface area contributed by atoms with E-state index in [1.165, 1.54) is 0 Å². The zero-order valence-electron chi connectivity index (χ0n) is 11.8. The first-order valence-electron chi connectivity index (χ1n) is 6.46. The number of anilines is 1. The molecular formula is C12H18FN3O4S. The molecule has 7 nitrogen and oxygen atoms in total. The number of sulfonamides is 1. The second-order valence-corrected chi connectivity index (χ2v) is 6.34. The third-order valence-electron chi connectivity index (χ3n) is 3.25. The highest BCUT2D eigenvalue weighted by molar-refractivity contribution is 7.89. The van der Waals surface area contributed by atoms with Gasteiger partial charge < -0.3 is 5.73 Å². The smallest absolute Gasteiger partial charge is 0.274 e. The Morgan fingerprint density at radius 3 is 2.38 bits per heavy atom. The van der Waals surface area contributed by atoms with Crippen molar-refractivity contribution in [2.75, 3.05) is 12.3 Å². The lowest BCUT2D eigenvalue weighted by Crippen LogP contribution is -2.30. The van der Waals surface area contributed by atoms with Crippen LogP contribution in [0.15, 0.2) is 17.0 Å². The lowest BCUT2D eigenvalue weighted by atomic mass is 10.0. The first-order chi connectivity index (χ1) is 9.72. The summed E-state index contributed by atoms with van der Waals surface area (Å²) in [4.78, 5) is 8.99. The maximum absolute atomic E-state index is 13.9. The Balaban J connectivity index is 3.12. The standard InChI is InChI=1S/C12H18FN3O4S/c1-3-8(4-2)7-15-21(19,20)12-10(13)5-9(16(17)18)6-11(12)14/h5-6,8,15H,3-4,7,14H2,1-2H3. The van der Waals surface area contributed by atoms with Crippen molar-refractivity contribution in [2.45, 2.75) is 31.6 Å². The number of nitrogens with one attached hydrogen (secondary N) is 1. The number of nitrogen functional groups attached to an aromatic ring is 1. The Morgan fingerprint density at radius 2 is 1.95 bits per heavy atom. The highest BCUT2D eigenvalue weighted by atomic mass is 32.2. The minimum absolute atomic E-state index is 0.127. The summed E-state index contributed by atoms with van der Waals surface area (Å²) in [6, 6.07) is 1.37. The molecule has 0 fully saturated rings. The molecule has 0 saturated heterocycles. The van der Waals surface area contributed by atoms with Gasteiger partial charge in [0.15, 0.2) is 5.82 Å². The summed E-state index contributed by atoms with van der Waals surface area (Å²) in [5, 5.41) is 10.6. The molecular weight excluding hydrogens is 301 g/mol. The van der Waals surface area contributed by atoms with Crippen LogP contribution in [-0.2, 0) is 10.0 Å². The van der Waals surface area contributed by atoms with Crippen LogP contribution in [0.3, 0.4) is 0 Å². The van der Waals surface area contributed by atoms with E-state index in [2.05, 4.69) is 4.72 Å². The molecule has 0 spiro atoms. The van der Waals surface area contributed by atoms with Gasteiger partial charge in [-0.05, 0) is 5.92 Å². The molecule has 0 radical (unpaired) electrons. The molecule has 0 aliphatic rings. The van der Waals surface area contributed by atoms with Crippen molar-refractivity contribution in [3.8, 4) is 0 Å². The second-order valence-electron chi connectivity index (χ2n) is 4.64. The molecule has 0 aliphatic heterocycles. The molecule has 0 amide bonds. The molecule has 21 heavy (non-hydrogen) atoms. The number of non-ortho nitro benzene ring substituents is 1. The van der Waals surface area contributed by atoms with Gasteiger partial charge in [0.1, 0.15) is 4.90 Å². The van der Waals surface area contributed by atoms with Crippen LogP contribution in [0.25, 0.3) is 0 Å². The number of hydrogen-bond donors (Lipinski definition) is 2. The van der Waals surface area contributed by atoms with Crippen molar-refractivity contribution in [2.24, 2.45) is 5.92 Å². The molecule has 0 saturated carbocycles. The SMILES string of the molecule is CCC(CC)CNS(=O)(=O)c1c(N)cc([N+](=O)[O-])cc1F. The number of rotatable bonds is 7. The van der Waals surface area contributed by atoms with Crippen molar-refractivity contribution in [3.05, 3.63) is 28.1 Å². The molecule has 0 bridgehead atoms. The van der Waals surface area contributed by atoms with Crippen LogP contribution in [0.1, 0.15) is 26.7 Å². The van der Waals surface area contributed by atoms with Gasteiger partial charge in [0.05, 0.1) is 16.7 Å². The van der Waals surface area contributed by atoms with E-state index in [9.17, 15) is 22.9 Å². The second kappa shape index (κ2) is 6.81. The van der Waals surface area contributed by atoms with Crippen molar-refractivity contribution >= 4 is 21.4 Å². The fourth-order valence-corrected chi connectivity index (χ4v) is 3.15. The molecule has 0 atom stereocenters. The quantitative estimate of drug-likeness (QED) is 0.453. The maximum atomic E-state index is 13.9. The van der Waals surface area contributed by atoms with Gasteiger partial charge in [0.2, 0.25) is 10.0 Å². The van der Waals surface area contributed by atoms with Gasteiger partial charge in [-0.1, -0.05) is 26.7 Å². The molecule has 118 valence electrons. The topological polar surface area (TPSA) is 115 Å². The van der Waals surface area contributed by atoms with E-state index < -0.39 is 37.0 Å². The Labute approximate surface area is 122 Å². The average molecular weight is 319 g/mol. The van der Waals surface area contributed by atoms with E-state index in [0.29, 0.717) is 6.07 Å². The summed E-state index contributed by atoms with van der Waals surface area (Å²) in [7, 11) is -4.15. The molecule has 3 N–H and O–H groups in total. The van der Waals surface area contributed by atoms with E-state index in [1.54, 1.807) is 0 Å². The first-order valence-corrected chi connectivity index (χ1v) is 7.94. The third-order valence-corrected chi connectivity index (χ3v) is 4.77. The van der Waals surface area contributed by atoms with E-state index >= 15 is 0 Å². The number of benzene rings is 1. The van der Waals surface area contributed by atoms with E-state index in [-0.39, 0.29) is 12.5 Å². The molecule has 1 rings (SSSR count). The predicted octanol–water partition coefficient (Wildman–Crippen LogP) is 2.03. The number of nitrogens with two attached hydrogens (primary N) is 1. The van der Waals surface area contributed by atoms with E-state index in [1.807, 2.05) is 13.8 Å². The summed E-state index contributed by atoms with van der Waals surface area (Å²) < 4.78 is 40.3. The van der Waals surface area contributed by atoms with Crippen LogP contribution in [0, 0.1) is 21.8 Å². The lowest BCUT2D eigenvalue weighted by molar-refractivity contribution is -0.385. The number of nitrogens with zero attached hydrogens (tertiary/aromatic N) is 1. The third kappa shape index (κ3) is 4.11. The van der Waals surface area contributed by atoms with Crippen molar-refractivity contribution in [1.29, 1.82) is 0 Å². The Kier molecular flexibility index (Phi) is 5.62. The van der Waals surface area contributed by atoms with E-state index in [4.69, 9.17) is 5.73 Å². The van der Waals surface area contributed by atoms with Gasteiger partial charge in [0.25, 0.3) is 5.69 Å². The monoisotopic (exact) mass is 319 g/mol. The van der Waals surface area contributed by atoms with Gasteiger partial charge >= 0.3 is 0 Å². The zero-order valence-corrected chi connectivity index (χ0v) is 12.6. The molecule has 9 heteroatoms. The lowest BCUT2D eigenvalue weighted by Gasteiger charge is -2.14. The normalized spacial score (nSPS) is 11.8. The molecule has 0 unspecified atom stereocenters. The Hall–Kier alpha value is -1.74. The maximum Gasteiger partial charge on any atom is 0.274 e. The van der Waals surface area contributed by atoms with Crippen LogP contribution in [0.4, 0.5) is 15.8 Å². The minimum atomic E-state index is -4.15. The largest absolute Gasteiger partial charge is 0.397 e. The Bertz CT molecular complexity index is 606. The number of halogens is 1. The van der Waals surface area contributed by atoms with Crippen molar-refractivity contribution in [1.82, 2.24) is 4.72 Å². The highest BCUT2D eigenvalue weighted by Gasteiger charge is 2.26. The summed E-state index contributed by atoms with van der Waals surface area (Å²) >= 11 is 0. The van der Waals surface area contributed by atoms with Crippen LogP contribution in [0.2, 0.25) is 0 Å². The van der Waals surface area contributed by atoms with Gasteiger partial charge in [-0.3, -0.25) is 10.1 Å². The highest BCUT2D eigenvalue weighted by Crippen LogP contribution is 2.27. The average Bonchev–Trinajstić information content (AvgIpc) is 2.38. The first kappa shape index (κ1) is 17.3. The van der Waals surface area contributed by atoms with Crippen molar-refractivity contribution < 1.29 is 17.7 Å². The number of hydrogen-bond acceptors (Lipinski definition) is 5. The van der Waals surface area contributed by atoms with E-state index in [0.717, 1.165) is 18.9 Å². The van der Waals surface area contributed by atoms with Crippen LogP contribution in [-0.4, -0.2) is 19.9 Å². The fraction of sp³-hybridized carbons (Fsp3) is 0.500. The van der Waals surface area contributed by atoms with Crippen molar-refractivity contribution in [3.63, 3.8) is 0 Å². The van der Waals surface area contributed by atoms with Gasteiger partial charge in [-0.15, -0.1) is 0 Å². The molecule has 1 aromatic rings. The summed E-state index contributed by atoms with van der Waals surface area (Å²) in [6.45, 7) is 4.00. The van der Waals surface area contributed by atoms with Crippen LogP contribution >= 0.6 is 0 Å². The number of nitro groups is 1. The molecule has 0 aromatic heterocycles. The van der Waals surface area contributed by atoms with Gasteiger partial charge in [0, 0.05) is 12.6 Å². The number of nitro benzene ring substituents is 1. The minimum Gasteiger partial charge on any atom is -0.397 e. The molecule has 0 aliphatic carbocycles. The molecule has 0 heterocycles. The Morgan fingerprint density at radius 1 is 1.38 bits per heavy atom. The fourth-order valence-electron chi connectivity index (χ4n) is 1.87. The van der Waals surface area contributed by atoms with Gasteiger partial charge in [-0.2, -0.15) is 0 Å². The summed E-state index contributed by atoms with van der Waals surface area (Å²) in [6.07, 6.45) is 1.55. The van der Waals surface area contributed by atoms with Crippen LogP contribution < -0.4 is 10.5 Å². The zero-order chi connectivity index (χ0) is 16.2. The summed E-state index contributed by atoms with van der Waals surface area (Å²) in [5.41, 5.74) is 4.37. The van der Waals surface area contributed by atoms with Gasteiger partial charge in [-0.25, -0.2) is 17.5 Å². The molecule has 1 aromatic carbocycles.